The van der Waals surface area contributed by atoms with E-state index in [1.54, 1.807) is 0 Å². The molecule has 20 heavy (non-hydrogen) atoms. The van der Waals surface area contributed by atoms with Crippen LogP contribution >= 0.6 is 0 Å². The highest BCUT2D eigenvalue weighted by molar-refractivity contribution is 5.75. The van der Waals surface area contributed by atoms with Gasteiger partial charge in [0.2, 0.25) is 6.29 Å². The van der Waals surface area contributed by atoms with Gasteiger partial charge in [-0.1, -0.05) is 30.3 Å². The molecule has 0 bridgehead atoms. The molecule has 2 rings (SSSR count). The van der Waals surface area contributed by atoms with Crippen molar-refractivity contribution in [1.82, 2.24) is 5.06 Å². The maximum absolute atomic E-state index is 11.8. The Bertz CT molecular complexity index is 476. The maximum atomic E-state index is 11.8. The number of nitrogens with zero attached hydrogens (tertiary/aromatic N) is 1. The zero-order valence-corrected chi connectivity index (χ0v) is 11.4. The molecule has 1 aromatic carbocycles. The summed E-state index contributed by atoms with van der Waals surface area (Å²) in [6.07, 6.45) is -0.487. The lowest BCUT2D eigenvalue weighted by molar-refractivity contribution is -0.239. The number of methoxy groups -OCH3 is 1. The number of rotatable bonds is 4. The number of carbonyl (C=O) groups is 2. The second kappa shape index (κ2) is 6.49. The fraction of sp³-hybridized carbons (Fsp3) is 0.429. The van der Waals surface area contributed by atoms with Crippen molar-refractivity contribution in [2.24, 2.45) is 0 Å². The van der Waals surface area contributed by atoms with Gasteiger partial charge in [-0.2, -0.15) is 5.06 Å². The topological polar surface area (TPSA) is 65.1 Å². The van der Waals surface area contributed by atoms with E-state index in [-0.39, 0.29) is 6.42 Å². The smallest absolute Gasteiger partial charge is 0.325 e. The number of benzene rings is 1. The lowest BCUT2D eigenvalue weighted by Gasteiger charge is -2.20. The Hall–Kier alpha value is -1.92. The molecule has 0 amide bonds. The third-order valence-corrected chi connectivity index (χ3v) is 2.97. The molecule has 0 radical (unpaired) electrons. The van der Waals surface area contributed by atoms with Crippen molar-refractivity contribution in [2.75, 3.05) is 7.11 Å². The minimum atomic E-state index is -0.750. The van der Waals surface area contributed by atoms with Gasteiger partial charge < -0.3 is 9.47 Å². The van der Waals surface area contributed by atoms with Gasteiger partial charge in [0, 0.05) is 13.3 Å². The molecule has 1 aliphatic heterocycles. The van der Waals surface area contributed by atoms with Gasteiger partial charge in [0.15, 0.2) is 0 Å². The van der Waals surface area contributed by atoms with Crippen molar-refractivity contribution in [2.45, 2.75) is 32.2 Å². The summed E-state index contributed by atoms with van der Waals surface area (Å²) in [4.78, 5) is 28.2. The van der Waals surface area contributed by atoms with E-state index in [0.717, 1.165) is 5.56 Å². The van der Waals surface area contributed by atoms with Gasteiger partial charge in [0.05, 0.1) is 13.7 Å². The summed E-state index contributed by atoms with van der Waals surface area (Å²) >= 11 is 0. The molecule has 6 nitrogen and oxygen atoms in total. The maximum Gasteiger partial charge on any atom is 0.325 e. The van der Waals surface area contributed by atoms with E-state index in [4.69, 9.17) is 14.3 Å². The molecule has 1 saturated heterocycles. The van der Waals surface area contributed by atoms with Crippen molar-refractivity contribution in [3.8, 4) is 0 Å². The van der Waals surface area contributed by atoms with Crippen LogP contribution in [0.5, 0.6) is 0 Å². The largest absolute Gasteiger partial charge is 0.468 e. The molecule has 0 saturated carbocycles. The fourth-order valence-corrected chi connectivity index (χ4v) is 2.08. The summed E-state index contributed by atoms with van der Waals surface area (Å²) in [7, 11) is 1.32. The summed E-state index contributed by atoms with van der Waals surface area (Å²) in [5.41, 5.74) is 0.991. The van der Waals surface area contributed by atoms with Crippen molar-refractivity contribution in [1.29, 1.82) is 0 Å². The highest BCUT2D eigenvalue weighted by Gasteiger charge is 2.40. The fourth-order valence-electron chi connectivity index (χ4n) is 2.08. The molecule has 1 aliphatic rings. The van der Waals surface area contributed by atoms with Crippen molar-refractivity contribution in [3.05, 3.63) is 35.9 Å². The average Bonchev–Trinajstić information content (AvgIpc) is 2.80. The normalized spacial score (nSPS) is 22.5. The van der Waals surface area contributed by atoms with Gasteiger partial charge in [-0.15, -0.1) is 0 Å². The lowest BCUT2D eigenvalue weighted by Crippen LogP contribution is -2.35. The SMILES string of the molecule is COC(=O)[C@@H]1C[C@H](OC(C)=O)ON1Cc1ccccc1. The number of ether oxygens (including phenoxy) is 2. The predicted molar refractivity (Wildman–Crippen MR) is 69.0 cm³/mol. The first kappa shape index (κ1) is 14.5. The van der Waals surface area contributed by atoms with Crippen LogP contribution in [0.15, 0.2) is 30.3 Å². The van der Waals surface area contributed by atoms with E-state index in [1.165, 1.54) is 19.1 Å². The Morgan fingerprint density at radius 3 is 2.65 bits per heavy atom. The third kappa shape index (κ3) is 3.55. The number of hydroxylamine groups is 2. The van der Waals surface area contributed by atoms with Crippen molar-refractivity contribution >= 4 is 11.9 Å². The van der Waals surface area contributed by atoms with Gasteiger partial charge in [0.1, 0.15) is 6.04 Å². The summed E-state index contributed by atoms with van der Waals surface area (Å²) < 4.78 is 9.75. The number of hydrogen-bond donors (Lipinski definition) is 0. The third-order valence-electron chi connectivity index (χ3n) is 2.97. The molecule has 1 fully saturated rings. The van der Waals surface area contributed by atoms with E-state index in [9.17, 15) is 9.59 Å². The monoisotopic (exact) mass is 279 g/mol. The number of carbonyl (C=O) groups excluding carboxylic acids is 2. The summed E-state index contributed by atoms with van der Waals surface area (Å²) in [5.74, 6) is -0.851. The minimum absolute atomic E-state index is 0.263. The molecule has 0 aliphatic carbocycles. The second-order valence-corrected chi connectivity index (χ2v) is 4.48. The Morgan fingerprint density at radius 1 is 1.35 bits per heavy atom. The number of hydrogen-bond acceptors (Lipinski definition) is 6. The average molecular weight is 279 g/mol. The molecular formula is C14H17NO5. The number of esters is 2. The Balaban J connectivity index is 2.07. The first-order valence-electron chi connectivity index (χ1n) is 6.32. The van der Waals surface area contributed by atoms with Crippen LogP contribution in [0.2, 0.25) is 0 Å². The van der Waals surface area contributed by atoms with Crippen LogP contribution in [-0.2, 0) is 30.4 Å². The molecule has 6 heteroatoms. The van der Waals surface area contributed by atoms with Gasteiger partial charge in [0.25, 0.3) is 0 Å². The van der Waals surface area contributed by atoms with Crippen LogP contribution in [-0.4, -0.2) is 36.4 Å². The van der Waals surface area contributed by atoms with E-state index < -0.39 is 24.3 Å². The van der Waals surface area contributed by atoms with Crippen LogP contribution in [0.4, 0.5) is 0 Å². The summed E-state index contributed by atoms with van der Waals surface area (Å²) in [6, 6.07) is 9.00. The zero-order chi connectivity index (χ0) is 14.5. The van der Waals surface area contributed by atoms with Crippen LogP contribution in [0, 0.1) is 0 Å². The minimum Gasteiger partial charge on any atom is -0.468 e. The summed E-state index contributed by atoms with van der Waals surface area (Å²) in [6.45, 7) is 1.72. The molecule has 0 aromatic heterocycles. The van der Waals surface area contributed by atoms with Crippen LogP contribution in [0.1, 0.15) is 18.9 Å². The zero-order valence-electron chi connectivity index (χ0n) is 11.4. The van der Waals surface area contributed by atoms with Crippen LogP contribution in [0.3, 0.4) is 0 Å². The molecule has 108 valence electrons. The van der Waals surface area contributed by atoms with Gasteiger partial charge in [-0.05, 0) is 5.56 Å². The van der Waals surface area contributed by atoms with Crippen molar-refractivity contribution in [3.63, 3.8) is 0 Å². The summed E-state index contributed by atoms with van der Waals surface area (Å²) in [5, 5.41) is 1.49. The standard InChI is InChI=1S/C14H17NO5/c1-10(16)19-13-8-12(14(17)18-2)15(20-13)9-11-6-4-3-5-7-11/h3-7,12-13H,8-9H2,1-2H3/t12-,13+/m0/s1. The van der Waals surface area contributed by atoms with E-state index in [2.05, 4.69) is 0 Å². The van der Waals surface area contributed by atoms with Gasteiger partial charge in [-0.3, -0.25) is 14.4 Å². The van der Waals surface area contributed by atoms with Gasteiger partial charge >= 0.3 is 11.9 Å². The first-order valence-corrected chi connectivity index (χ1v) is 6.32. The van der Waals surface area contributed by atoms with Gasteiger partial charge in [-0.25, -0.2) is 0 Å². The second-order valence-electron chi connectivity index (χ2n) is 4.48. The van der Waals surface area contributed by atoms with E-state index >= 15 is 0 Å². The molecule has 1 aromatic rings. The Labute approximate surface area is 117 Å². The van der Waals surface area contributed by atoms with E-state index in [1.807, 2.05) is 30.3 Å². The highest BCUT2D eigenvalue weighted by atomic mass is 16.8. The molecule has 0 unspecified atom stereocenters. The molecule has 2 atom stereocenters. The molecule has 0 N–H and O–H groups in total. The quantitative estimate of drug-likeness (QED) is 0.773. The highest BCUT2D eigenvalue weighted by Crippen LogP contribution is 2.25. The Morgan fingerprint density at radius 2 is 2.05 bits per heavy atom. The Kier molecular flexibility index (Phi) is 4.70. The van der Waals surface area contributed by atoms with Crippen LogP contribution < -0.4 is 0 Å². The first-order chi connectivity index (χ1) is 9.60. The van der Waals surface area contributed by atoms with Crippen molar-refractivity contribution < 1.29 is 23.9 Å². The van der Waals surface area contributed by atoms with E-state index in [0.29, 0.717) is 6.54 Å². The van der Waals surface area contributed by atoms with Crippen LogP contribution in [0.25, 0.3) is 0 Å². The molecule has 1 heterocycles. The molecule has 0 spiro atoms. The predicted octanol–water partition coefficient (Wildman–Crippen LogP) is 1.25. The molecular weight excluding hydrogens is 262 g/mol. The lowest BCUT2D eigenvalue weighted by atomic mass is 10.2.